The summed E-state index contributed by atoms with van der Waals surface area (Å²) < 4.78 is 33.0. The smallest absolute Gasteiger partial charge is 0.396 e. The van der Waals surface area contributed by atoms with Crippen molar-refractivity contribution in [1.29, 1.82) is 0 Å². The zero-order chi connectivity index (χ0) is 26.6. The van der Waals surface area contributed by atoms with E-state index in [0.717, 1.165) is 53.7 Å². The summed E-state index contributed by atoms with van der Waals surface area (Å²) in [5.41, 5.74) is 9.18. The van der Waals surface area contributed by atoms with Gasteiger partial charge in [-0.05, 0) is 88.6 Å². The molecule has 0 fully saturated rings. The quantitative estimate of drug-likeness (QED) is 0.283. The van der Waals surface area contributed by atoms with E-state index in [1.165, 1.54) is 12.4 Å². The summed E-state index contributed by atoms with van der Waals surface area (Å²) in [5, 5.41) is 0. The van der Waals surface area contributed by atoms with Gasteiger partial charge in [0.25, 0.3) is 0 Å². The third-order valence-corrected chi connectivity index (χ3v) is 7.40. The molecule has 190 valence electrons. The largest absolute Gasteiger partial charge is 0.737 e. The molecule has 1 aromatic heterocycles. The van der Waals surface area contributed by atoms with E-state index in [1.54, 1.807) is 24.3 Å². The first-order chi connectivity index (χ1) is 18.2. The Labute approximate surface area is 222 Å². The normalized spacial score (nSPS) is 15.3. The monoisotopic (exact) mass is 506 g/mol. The Morgan fingerprint density at radius 2 is 1.21 bits per heavy atom. The van der Waals surface area contributed by atoms with Crippen LogP contribution in [0.1, 0.15) is 11.3 Å². The highest BCUT2D eigenvalue weighted by Crippen LogP contribution is 2.41. The summed E-state index contributed by atoms with van der Waals surface area (Å²) in [6.07, 6.45) is 6.43. The second-order valence-electron chi connectivity index (χ2n) is 10.2. The molecular formula is C31H29BF2N4. The maximum Gasteiger partial charge on any atom is 0.737 e. The van der Waals surface area contributed by atoms with Crippen LogP contribution >= 0.6 is 0 Å². The van der Waals surface area contributed by atoms with Crippen LogP contribution in [0.2, 0.25) is 0 Å². The molecule has 4 aromatic rings. The van der Waals surface area contributed by atoms with Crippen LogP contribution in [0.5, 0.6) is 0 Å². The Kier molecular flexibility index (Phi) is 5.60. The molecule has 7 heteroatoms. The molecule has 6 rings (SSSR count). The van der Waals surface area contributed by atoms with Crippen LogP contribution in [0.4, 0.5) is 20.0 Å². The first kappa shape index (κ1) is 24.0. The second kappa shape index (κ2) is 8.87. The third kappa shape index (κ3) is 3.86. The molecule has 3 heterocycles. The van der Waals surface area contributed by atoms with E-state index in [9.17, 15) is 0 Å². The highest BCUT2D eigenvalue weighted by atomic mass is 19.2. The molecule has 0 atom stereocenters. The average Bonchev–Trinajstić information content (AvgIpc) is 3.60. The van der Waals surface area contributed by atoms with Crippen molar-refractivity contribution in [2.45, 2.75) is 0 Å². The van der Waals surface area contributed by atoms with Crippen molar-refractivity contribution in [3.05, 3.63) is 114 Å². The van der Waals surface area contributed by atoms with E-state index in [4.69, 9.17) is 0 Å². The molecule has 0 unspecified atom stereocenters. The SMILES string of the molecule is CN(C)c1ccc(-c2cc(C3=C4C=CC=[N+]4[B-](F)(F)n4cccc43)cc(-c3ccc(N(C)C)cc3)c2)cc1. The van der Waals surface area contributed by atoms with Gasteiger partial charge in [0.15, 0.2) is 5.70 Å². The minimum Gasteiger partial charge on any atom is -0.396 e. The van der Waals surface area contributed by atoms with Crippen molar-refractivity contribution in [2.24, 2.45) is 0 Å². The van der Waals surface area contributed by atoms with Crippen molar-refractivity contribution in [2.75, 3.05) is 38.0 Å². The van der Waals surface area contributed by atoms with Crippen molar-refractivity contribution in [3.8, 4) is 22.3 Å². The lowest BCUT2D eigenvalue weighted by Crippen LogP contribution is -2.49. The molecule has 3 aromatic carbocycles. The van der Waals surface area contributed by atoms with Gasteiger partial charge in [-0.1, -0.05) is 24.3 Å². The predicted molar refractivity (Wildman–Crippen MR) is 155 cm³/mol. The molecule has 4 nitrogen and oxygen atoms in total. The predicted octanol–water partition coefficient (Wildman–Crippen LogP) is 6.60. The van der Waals surface area contributed by atoms with Crippen LogP contribution in [-0.2, 0) is 0 Å². The lowest BCUT2D eigenvalue weighted by Gasteiger charge is -2.31. The molecule has 0 N–H and O–H groups in total. The second-order valence-corrected chi connectivity index (χ2v) is 10.2. The molecule has 0 aliphatic carbocycles. The van der Waals surface area contributed by atoms with Gasteiger partial charge in [0.1, 0.15) is 6.21 Å². The highest BCUT2D eigenvalue weighted by Gasteiger charge is 2.51. The van der Waals surface area contributed by atoms with E-state index < -0.39 is 6.97 Å². The summed E-state index contributed by atoms with van der Waals surface area (Å²) in [7, 11) is 8.08. The average molecular weight is 506 g/mol. The number of hydrogen-bond acceptors (Lipinski definition) is 2. The summed E-state index contributed by atoms with van der Waals surface area (Å²) in [5.74, 6) is 0. The molecule has 0 amide bonds. The molecule has 2 aliphatic rings. The topological polar surface area (TPSA) is 14.4 Å². The van der Waals surface area contributed by atoms with Gasteiger partial charge < -0.3 is 27.4 Å². The maximum absolute atomic E-state index is 15.4. The van der Waals surface area contributed by atoms with Crippen molar-refractivity contribution in [1.82, 2.24) is 4.48 Å². The number of halogens is 2. The van der Waals surface area contributed by atoms with Gasteiger partial charge in [-0.15, -0.1) is 0 Å². The molecule has 2 aliphatic heterocycles. The molecular weight excluding hydrogens is 477 g/mol. The van der Waals surface area contributed by atoms with E-state index in [0.29, 0.717) is 11.4 Å². The van der Waals surface area contributed by atoms with E-state index >= 15 is 8.63 Å². The minimum atomic E-state index is -3.95. The van der Waals surface area contributed by atoms with Crippen molar-refractivity contribution >= 4 is 30.1 Å². The van der Waals surface area contributed by atoms with E-state index in [-0.39, 0.29) is 0 Å². The molecule has 0 spiro atoms. The number of nitrogens with zero attached hydrogens (tertiary/aromatic N) is 4. The number of allylic oxidation sites excluding steroid dienone is 2. The Bertz CT molecular complexity index is 1560. The summed E-state index contributed by atoms with van der Waals surface area (Å²) in [6, 6.07) is 26.7. The summed E-state index contributed by atoms with van der Waals surface area (Å²) in [6.45, 7) is -3.95. The van der Waals surface area contributed by atoms with Gasteiger partial charge in [-0.25, -0.2) is 0 Å². The van der Waals surface area contributed by atoms with Gasteiger partial charge >= 0.3 is 6.97 Å². The lowest BCUT2D eigenvalue weighted by molar-refractivity contribution is -0.356. The standard InChI is InChI=1S/C31H29BF2N4/c1-35(2)27-13-9-22(10-14-27)24-19-25(23-11-15-28(16-12-23)36(3)4)21-26(20-24)31-29-7-5-17-37(29)32(33,34)38-18-6-8-30(31)38/h5-21H,1-4H3. The molecule has 0 saturated heterocycles. The number of aromatic nitrogens is 1. The van der Waals surface area contributed by atoms with Crippen LogP contribution in [0.15, 0.2) is 103 Å². The van der Waals surface area contributed by atoms with Gasteiger partial charge in [0.05, 0.1) is 5.57 Å². The highest BCUT2D eigenvalue weighted by molar-refractivity contribution is 6.57. The fourth-order valence-electron chi connectivity index (χ4n) is 5.32. The van der Waals surface area contributed by atoms with Crippen LogP contribution in [0.3, 0.4) is 0 Å². The van der Waals surface area contributed by atoms with Crippen molar-refractivity contribution < 1.29 is 13.1 Å². The molecule has 38 heavy (non-hydrogen) atoms. The Morgan fingerprint density at radius 1 is 0.684 bits per heavy atom. The van der Waals surface area contributed by atoms with Gasteiger partial charge in [0, 0.05) is 57.4 Å². The first-order valence-corrected chi connectivity index (χ1v) is 12.7. The Hall–Kier alpha value is -4.39. The lowest BCUT2D eigenvalue weighted by atomic mass is 9.85. The molecule has 0 bridgehead atoms. The number of rotatable bonds is 5. The zero-order valence-electron chi connectivity index (χ0n) is 21.9. The molecule has 0 saturated carbocycles. The summed E-state index contributed by atoms with van der Waals surface area (Å²) >= 11 is 0. The van der Waals surface area contributed by atoms with Crippen LogP contribution in [0, 0.1) is 0 Å². The third-order valence-electron chi connectivity index (χ3n) is 7.40. The Balaban J connectivity index is 1.57. The maximum atomic E-state index is 15.4. The van der Waals surface area contributed by atoms with Gasteiger partial charge in [-0.2, -0.15) is 0 Å². The number of fused-ring (bicyclic) bond motifs is 2. The van der Waals surface area contributed by atoms with E-state index in [2.05, 4.69) is 76.5 Å². The van der Waals surface area contributed by atoms with E-state index in [1.807, 2.05) is 28.2 Å². The molecule has 0 radical (unpaired) electrons. The van der Waals surface area contributed by atoms with Gasteiger partial charge in [-0.3, -0.25) is 0 Å². The Morgan fingerprint density at radius 3 is 1.74 bits per heavy atom. The fourth-order valence-corrected chi connectivity index (χ4v) is 5.32. The fraction of sp³-hybridized carbons (Fsp3) is 0.129. The van der Waals surface area contributed by atoms with Gasteiger partial charge in [0.2, 0.25) is 0 Å². The van der Waals surface area contributed by atoms with Crippen molar-refractivity contribution in [3.63, 3.8) is 0 Å². The summed E-state index contributed by atoms with van der Waals surface area (Å²) in [4.78, 5) is 4.14. The number of benzene rings is 3. The number of hydrogen-bond donors (Lipinski definition) is 0. The van der Waals surface area contributed by atoms with Crippen LogP contribution in [-0.4, -0.2) is 50.3 Å². The zero-order valence-corrected chi connectivity index (χ0v) is 21.9. The first-order valence-electron chi connectivity index (χ1n) is 12.7. The number of anilines is 2. The van der Waals surface area contributed by atoms with Crippen LogP contribution < -0.4 is 9.80 Å². The van der Waals surface area contributed by atoms with Crippen LogP contribution in [0.25, 0.3) is 27.8 Å². The minimum absolute atomic E-state index is 0.523.